The summed E-state index contributed by atoms with van der Waals surface area (Å²) in [6, 6.07) is 5.35. The fourth-order valence-corrected chi connectivity index (χ4v) is 2.81. The number of nitrogens with zero attached hydrogens (tertiary/aromatic N) is 2. The smallest absolute Gasteiger partial charge is 0.272 e. The van der Waals surface area contributed by atoms with Crippen molar-refractivity contribution in [2.45, 2.75) is 32.2 Å². The second-order valence-electron chi connectivity index (χ2n) is 5.80. The summed E-state index contributed by atoms with van der Waals surface area (Å²) in [4.78, 5) is 24.3. The zero-order valence-electron chi connectivity index (χ0n) is 13.6. The maximum atomic E-state index is 11.9. The largest absolute Gasteiger partial charge is 0.384 e. The first-order valence-corrected chi connectivity index (χ1v) is 7.79. The van der Waals surface area contributed by atoms with E-state index in [0.29, 0.717) is 18.6 Å². The summed E-state index contributed by atoms with van der Waals surface area (Å²) in [5.41, 5.74) is 1.67. The maximum absolute atomic E-state index is 11.9. The highest BCUT2D eigenvalue weighted by Gasteiger charge is 2.22. The maximum Gasteiger partial charge on any atom is 0.272 e. The van der Waals surface area contributed by atoms with E-state index < -0.39 is 0 Å². The van der Waals surface area contributed by atoms with Crippen molar-refractivity contribution < 1.29 is 14.5 Å². The van der Waals surface area contributed by atoms with Crippen molar-refractivity contribution in [2.75, 3.05) is 32.1 Å². The number of aryl methyl sites for hydroxylation is 1. The minimum atomic E-state index is -0.372. The molecule has 1 N–H and O–H groups in total. The van der Waals surface area contributed by atoms with Crippen molar-refractivity contribution in [1.29, 1.82) is 0 Å². The molecule has 1 fully saturated rings. The number of nitro benzene ring substituents is 1. The number of likely N-dealkylation sites (tertiary alicyclic amines) is 1. The molecule has 1 amide bonds. The highest BCUT2D eigenvalue weighted by Crippen LogP contribution is 2.23. The Balaban J connectivity index is 1.86. The summed E-state index contributed by atoms with van der Waals surface area (Å²) >= 11 is 0. The van der Waals surface area contributed by atoms with Gasteiger partial charge in [-0.25, -0.2) is 0 Å². The molecule has 0 unspecified atom stereocenters. The van der Waals surface area contributed by atoms with Crippen LogP contribution in [-0.4, -0.2) is 48.6 Å². The highest BCUT2D eigenvalue weighted by molar-refractivity contribution is 5.76. The average molecular weight is 321 g/mol. The van der Waals surface area contributed by atoms with Crippen LogP contribution < -0.4 is 5.32 Å². The van der Waals surface area contributed by atoms with Gasteiger partial charge < -0.3 is 15.0 Å². The van der Waals surface area contributed by atoms with Crippen molar-refractivity contribution in [3.8, 4) is 0 Å². The van der Waals surface area contributed by atoms with Crippen LogP contribution in [0.2, 0.25) is 0 Å². The van der Waals surface area contributed by atoms with Gasteiger partial charge in [-0.2, -0.15) is 0 Å². The van der Waals surface area contributed by atoms with Crippen molar-refractivity contribution in [1.82, 2.24) is 4.90 Å². The number of carbonyl (C=O) groups excluding carboxylic acids is 1. The molecule has 0 saturated carbocycles. The molecule has 7 heteroatoms. The number of anilines is 1. The third kappa shape index (κ3) is 4.66. The number of nitro groups is 1. The van der Waals surface area contributed by atoms with Crippen molar-refractivity contribution in [3.05, 3.63) is 33.9 Å². The van der Waals surface area contributed by atoms with Crippen LogP contribution in [0.5, 0.6) is 0 Å². The molecule has 0 spiro atoms. The second kappa shape index (κ2) is 7.92. The number of nitrogens with one attached hydrogen (secondary N) is 1. The third-order valence-corrected chi connectivity index (χ3v) is 4.13. The summed E-state index contributed by atoms with van der Waals surface area (Å²) in [5, 5.41) is 14.2. The zero-order chi connectivity index (χ0) is 16.8. The SMILES string of the molecule is COCCC(=O)N1CCC(Nc2ccc([N+](=O)[O-])c(C)c2)CC1. The Bertz CT molecular complexity index is 568. The van der Waals surface area contributed by atoms with Crippen LogP contribution in [0, 0.1) is 17.0 Å². The number of methoxy groups -OCH3 is 1. The zero-order valence-corrected chi connectivity index (χ0v) is 13.6. The quantitative estimate of drug-likeness (QED) is 0.642. The number of hydrogen-bond acceptors (Lipinski definition) is 5. The summed E-state index contributed by atoms with van der Waals surface area (Å²) in [6.45, 7) is 3.65. The van der Waals surface area contributed by atoms with Crippen LogP contribution >= 0.6 is 0 Å². The molecule has 1 saturated heterocycles. The number of benzene rings is 1. The summed E-state index contributed by atoms with van der Waals surface area (Å²) in [6.07, 6.45) is 2.17. The van der Waals surface area contributed by atoms with E-state index in [-0.39, 0.29) is 22.6 Å². The fraction of sp³-hybridized carbons (Fsp3) is 0.562. The van der Waals surface area contributed by atoms with Crippen LogP contribution in [0.3, 0.4) is 0 Å². The molecule has 0 radical (unpaired) electrons. The molecule has 1 heterocycles. The molecule has 2 rings (SSSR count). The number of ether oxygens (including phenoxy) is 1. The predicted molar refractivity (Wildman–Crippen MR) is 87.6 cm³/mol. The summed E-state index contributed by atoms with van der Waals surface area (Å²) in [7, 11) is 1.59. The number of rotatable bonds is 6. The van der Waals surface area contributed by atoms with E-state index in [2.05, 4.69) is 5.32 Å². The lowest BCUT2D eigenvalue weighted by Crippen LogP contribution is -2.42. The van der Waals surface area contributed by atoms with Crippen LogP contribution in [0.25, 0.3) is 0 Å². The minimum Gasteiger partial charge on any atom is -0.384 e. The van der Waals surface area contributed by atoms with Crippen molar-refractivity contribution in [3.63, 3.8) is 0 Å². The van der Waals surface area contributed by atoms with Gasteiger partial charge in [-0.3, -0.25) is 14.9 Å². The minimum absolute atomic E-state index is 0.133. The Morgan fingerprint density at radius 1 is 1.43 bits per heavy atom. The average Bonchev–Trinajstić information content (AvgIpc) is 2.53. The number of piperidine rings is 1. The van der Waals surface area contributed by atoms with Crippen LogP contribution in [0.15, 0.2) is 18.2 Å². The molecule has 7 nitrogen and oxygen atoms in total. The van der Waals surface area contributed by atoms with E-state index in [4.69, 9.17) is 4.74 Å². The lowest BCUT2D eigenvalue weighted by atomic mass is 10.0. The first-order valence-electron chi connectivity index (χ1n) is 7.79. The van der Waals surface area contributed by atoms with Gasteiger partial charge in [-0.15, -0.1) is 0 Å². The normalized spacial score (nSPS) is 15.5. The number of carbonyl (C=O) groups is 1. The molecule has 0 atom stereocenters. The van der Waals surface area contributed by atoms with E-state index >= 15 is 0 Å². The summed E-state index contributed by atoms with van der Waals surface area (Å²) < 4.78 is 4.93. The molecule has 0 aliphatic carbocycles. The highest BCUT2D eigenvalue weighted by atomic mass is 16.6. The molecule has 1 aliphatic rings. The van der Waals surface area contributed by atoms with E-state index in [1.807, 2.05) is 4.90 Å². The number of hydrogen-bond donors (Lipinski definition) is 1. The molecule has 23 heavy (non-hydrogen) atoms. The lowest BCUT2D eigenvalue weighted by Gasteiger charge is -2.33. The summed E-state index contributed by atoms with van der Waals surface area (Å²) in [5.74, 6) is 0.136. The fourth-order valence-electron chi connectivity index (χ4n) is 2.81. The molecule has 0 bridgehead atoms. The van der Waals surface area contributed by atoms with Gasteiger partial charge in [0.2, 0.25) is 5.91 Å². The van der Waals surface area contributed by atoms with Crippen LogP contribution in [0.4, 0.5) is 11.4 Å². The van der Waals surface area contributed by atoms with E-state index in [1.54, 1.807) is 26.2 Å². The Kier molecular flexibility index (Phi) is 5.92. The van der Waals surface area contributed by atoms with Gasteiger partial charge >= 0.3 is 0 Å². The molecule has 1 aliphatic heterocycles. The Morgan fingerprint density at radius 3 is 2.70 bits per heavy atom. The predicted octanol–water partition coefficient (Wildman–Crippen LogP) is 2.34. The second-order valence-corrected chi connectivity index (χ2v) is 5.80. The lowest BCUT2D eigenvalue weighted by molar-refractivity contribution is -0.385. The third-order valence-electron chi connectivity index (χ3n) is 4.13. The van der Waals surface area contributed by atoms with Gasteiger partial charge in [0.1, 0.15) is 0 Å². The Labute approximate surface area is 135 Å². The van der Waals surface area contributed by atoms with Gasteiger partial charge in [0.05, 0.1) is 18.0 Å². The monoisotopic (exact) mass is 321 g/mol. The van der Waals surface area contributed by atoms with Gasteiger partial charge in [0.15, 0.2) is 0 Å². The molecule has 1 aromatic carbocycles. The van der Waals surface area contributed by atoms with Crippen LogP contribution in [0.1, 0.15) is 24.8 Å². The standard InChI is InChI=1S/C16H23N3O4/c1-12-11-14(3-4-15(12)19(21)22)17-13-5-8-18(9-6-13)16(20)7-10-23-2/h3-4,11,13,17H,5-10H2,1-2H3. The van der Waals surface area contributed by atoms with Crippen molar-refractivity contribution in [2.24, 2.45) is 0 Å². The van der Waals surface area contributed by atoms with Gasteiger partial charge in [-0.05, 0) is 31.9 Å². The molecule has 0 aromatic heterocycles. The Hall–Kier alpha value is -2.15. The van der Waals surface area contributed by atoms with E-state index in [9.17, 15) is 14.9 Å². The van der Waals surface area contributed by atoms with Gasteiger partial charge in [-0.1, -0.05) is 0 Å². The van der Waals surface area contributed by atoms with Gasteiger partial charge in [0.25, 0.3) is 5.69 Å². The van der Waals surface area contributed by atoms with E-state index in [0.717, 1.165) is 31.6 Å². The molecule has 126 valence electrons. The first-order chi connectivity index (χ1) is 11.0. The molecular weight excluding hydrogens is 298 g/mol. The van der Waals surface area contributed by atoms with Crippen molar-refractivity contribution >= 4 is 17.3 Å². The topological polar surface area (TPSA) is 84.7 Å². The molecule has 1 aromatic rings. The van der Waals surface area contributed by atoms with E-state index in [1.165, 1.54) is 6.07 Å². The Morgan fingerprint density at radius 2 is 2.13 bits per heavy atom. The molecular formula is C16H23N3O4. The van der Waals surface area contributed by atoms with Crippen LogP contribution in [-0.2, 0) is 9.53 Å². The number of amides is 1. The van der Waals surface area contributed by atoms with Gasteiger partial charge in [0, 0.05) is 43.6 Å². The first kappa shape index (κ1) is 17.2.